The van der Waals surface area contributed by atoms with E-state index < -0.39 is 0 Å². The molecule has 1 atom stereocenters. The Morgan fingerprint density at radius 1 is 1.30 bits per heavy atom. The predicted molar refractivity (Wildman–Crippen MR) is 78.8 cm³/mol. The van der Waals surface area contributed by atoms with E-state index >= 15 is 0 Å². The number of nitrogens with one attached hydrogen (secondary N) is 1. The van der Waals surface area contributed by atoms with Gasteiger partial charge in [0, 0.05) is 31.7 Å². The molecule has 1 aromatic heterocycles. The van der Waals surface area contributed by atoms with Crippen molar-refractivity contribution in [2.45, 2.75) is 12.5 Å². The van der Waals surface area contributed by atoms with Crippen molar-refractivity contribution in [3.63, 3.8) is 0 Å². The SMILES string of the molecule is CN1CCC(NC(=O)c2cccnc2)c2ccccc21. The van der Waals surface area contributed by atoms with E-state index in [1.165, 1.54) is 11.3 Å². The molecule has 2 heterocycles. The normalized spacial score (nSPS) is 17.4. The Hall–Kier alpha value is -2.36. The molecule has 1 aliphatic heterocycles. The molecule has 0 spiro atoms. The van der Waals surface area contributed by atoms with Crippen LogP contribution in [0.5, 0.6) is 0 Å². The minimum atomic E-state index is -0.0672. The molecule has 0 saturated carbocycles. The molecule has 0 fully saturated rings. The Kier molecular flexibility index (Phi) is 3.37. The lowest BCUT2D eigenvalue weighted by Gasteiger charge is -2.33. The van der Waals surface area contributed by atoms with E-state index in [2.05, 4.69) is 34.4 Å². The molecule has 3 rings (SSSR count). The van der Waals surface area contributed by atoms with Gasteiger partial charge in [0.15, 0.2) is 0 Å². The van der Waals surface area contributed by atoms with Crippen LogP contribution in [0.3, 0.4) is 0 Å². The monoisotopic (exact) mass is 267 g/mol. The average Bonchev–Trinajstić information content (AvgIpc) is 2.51. The summed E-state index contributed by atoms with van der Waals surface area (Å²) >= 11 is 0. The van der Waals surface area contributed by atoms with Crippen LogP contribution in [0.25, 0.3) is 0 Å². The zero-order valence-electron chi connectivity index (χ0n) is 11.4. The van der Waals surface area contributed by atoms with E-state index in [4.69, 9.17) is 0 Å². The van der Waals surface area contributed by atoms with Crippen molar-refractivity contribution in [2.75, 3.05) is 18.5 Å². The van der Waals surface area contributed by atoms with Gasteiger partial charge in [0.25, 0.3) is 5.91 Å². The van der Waals surface area contributed by atoms with Gasteiger partial charge in [0.2, 0.25) is 0 Å². The van der Waals surface area contributed by atoms with E-state index in [1.54, 1.807) is 24.5 Å². The smallest absolute Gasteiger partial charge is 0.253 e. The van der Waals surface area contributed by atoms with Crippen molar-refractivity contribution >= 4 is 11.6 Å². The Balaban J connectivity index is 1.82. The van der Waals surface area contributed by atoms with Gasteiger partial charge in [0.1, 0.15) is 0 Å². The summed E-state index contributed by atoms with van der Waals surface area (Å²) in [6, 6.07) is 11.8. The minimum Gasteiger partial charge on any atom is -0.374 e. The maximum absolute atomic E-state index is 12.2. The predicted octanol–water partition coefficient (Wildman–Crippen LogP) is 2.39. The van der Waals surface area contributed by atoms with E-state index in [9.17, 15) is 4.79 Å². The Morgan fingerprint density at radius 2 is 2.15 bits per heavy atom. The number of amides is 1. The fraction of sp³-hybridized carbons (Fsp3) is 0.250. The second-order valence-electron chi connectivity index (χ2n) is 5.04. The molecule has 102 valence electrons. The first-order valence-electron chi connectivity index (χ1n) is 6.76. The van der Waals surface area contributed by atoms with Crippen LogP contribution in [0.4, 0.5) is 5.69 Å². The van der Waals surface area contributed by atoms with Gasteiger partial charge in [-0.15, -0.1) is 0 Å². The van der Waals surface area contributed by atoms with Crippen molar-refractivity contribution in [3.8, 4) is 0 Å². The summed E-state index contributed by atoms with van der Waals surface area (Å²) in [6.45, 7) is 0.939. The highest BCUT2D eigenvalue weighted by molar-refractivity contribution is 5.94. The molecule has 0 saturated heterocycles. The molecule has 4 heteroatoms. The lowest BCUT2D eigenvalue weighted by atomic mass is 9.96. The fourth-order valence-electron chi connectivity index (χ4n) is 2.62. The molecular formula is C16H17N3O. The number of para-hydroxylation sites is 1. The first kappa shape index (κ1) is 12.7. The lowest BCUT2D eigenvalue weighted by Crippen LogP contribution is -2.36. The van der Waals surface area contributed by atoms with Gasteiger partial charge < -0.3 is 10.2 Å². The summed E-state index contributed by atoms with van der Waals surface area (Å²) in [5, 5.41) is 3.11. The fourth-order valence-corrected chi connectivity index (χ4v) is 2.62. The van der Waals surface area contributed by atoms with Gasteiger partial charge in [-0.1, -0.05) is 18.2 Å². The zero-order valence-corrected chi connectivity index (χ0v) is 11.4. The second-order valence-corrected chi connectivity index (χ2v) is 5.04. The summed E-state index contributed by atoms with van der Waals surface area (Å²) in [7, 11) is 2.08. The topological polar surface area (TPSA) is 45.2 Å². The summed E-state index contributed by atoms with van der Waals surface area (Å²) in [6.07, 6.45) is 4.18. The number of hydrogen-bond acceptors (Lipinski definition) is 3. The maximum Gasteiger partial charge on any atom is 0.253 e. The number of hydrogen-bond donors (Lipinski definition) is 1. The van der Waals surface area contributed by atoms with Crippen molar-refractivity contribution in [1.29, 1.82) is 0 Å². The van der Waals surface area contributed by atoms with E-state index in [0.29, 0.717) is 5.56 Å². The first-order valence-corrected chi connectivity index (χ1v) is 6.76. The van der Waals surface area contributed by atoms with Gasteiger partial charge in [0.05, 0.1) is 11.6 Å². The molecular weight excluding hydrogens is 250 g/mol. The number of aromatic nitrogens is 1. The lowest BCUT2D eigenvalue weighted by molar-refractivity contribution is 0.0934. The van der Waals surface area contributed by atoms with E-state index in [1.807, 2.05) is 12.1 Å². The van der Waals surface area contributed by atoms with E-state index in [-0.39, 0.29) is 11.9 Å². The van der Waals surface area contributed by atoms with Crippen LogP contribution >= 0.6 is 0 Å². The number of fused-ring (bicyclic) bond motifs is 1. The molecule has 0 bridgehead atoms. The summed E-state index contributed by atoms with van der Waals surface area (Å²) in [5.41, 5.74) is 2.97. The van der Waals surface area contributed by atoms with Crippen molar-refractivity contribution in [3.05, 3.63) is 59.9 Å². The van der Waals surface area contributed by atoms with Crippen LogP contribution in [-0.4, -0.2) is 24.5 Å². The maximum atomic E-state index is 12.2. The highest BCUT2D eigenvalue weighted by Crippen LogP contribution is 2.32. The minimum absolute atomic E-state index is 0.0649. The number of carbonyl (C=O) groups is 1. The summed E-state index contributed by atoms with van der Waals surface area (Å²) in [5.74, 6) is -0.0672. The molecule has 2 aromatic rings. The van der Waals surface area contributed by atoms with E-state index in [0.717, 1.165) is 13.0 Å². The third kappa shape index (κ3) is 2.37. The number of benzene rings is 1. The van der Waals surface area contributed by atoms with Crippen LogP contribution in [0, 0.1) is 0 Å². The van der Waals surface area contributed by atoms with Crippen molar-refractivity contribution in [1.82, 2.24) is 10.3 Å². The van der Waals surface area contributed by atoms with Crippen LogP contribution in [0.2, 0.25) is 0 Å². The van der Waals surface area contributed by atoms with Gasteiger partial charge >= 0.3 is 0 Å². The van der Waals surface area contributed by atoms with Gasteiger partial charge in [-0.2, -0.15) is 0 Å². The molecule has 1 aromatic carbocycles. The van der Waals surface area contributed by atoms with Crippen LogP contribution < -0.4 is 10.2 Å². The zero-order chi connectivity index (χ0) is 13.9. The van der Waals surface area contributed by atoms with Gasteiger partial charge in [-0.25, -0.2) is 0 Å². The molecule has 0 aliphatic carbocycles. The quantitative estimate of drug-likeness (QED) is 0.908. The Morgan fingerprint density at radius 3 is 2.95 bits per heavy atom. The number of nitrogens with zero attached hydrogens (tertiary/aromatic N) is 2. The highest BCUT2D eigenvalue weighted by atomic mass is 16.1. The molecule has 0 radical (unpaired) electrons. The number of pyridine rings is 1. The van der Waals surface area contributed by atoms with Gasteiger partial charge in [-0.3, -0.25) is 9.78 Å². The van der Waals surface area contributed by atoms with Crippen molar-refractivity contribution in [2.24, 2.45) is 0 Å². The summed E-state index contributed by atoms with van der Waals surface area (Å²) in [4.78, 5) is 18.4. The Bertz CT molecular complexity index is 612. The third-order valence-corrected chi connectivity index (χ3v) is 3.71. The highest BCUT2D eigenvalue weighted by Gasteiger charge is 2.24. The average molecular weight is 267 g/mol. The largest absolute Gasteiger partial charge is 0.374 e. The van der Waals surface area contributed by atoms with Crippen LogP contribution in [-0.2, 0) is 0 Å². The standard InChI is InChI=1S/C16H17N3O/c1-19-10-8-14(13-6-2-3-7-15(13)19)18-16(20)12-5-4-9-17-11-12/h2-7,9,11,14H,8,10H2,1H3,(H,18,20). The molecule has 1 unspecified atom stereocenters. The van der Waals surface area contributed by atoms with Crippen LogP contribution in [0.15, 0.2) is 48.8 Å². The number of anilines is 1. The molecule has 1 amide bonds. The van der Waals surface area contributed by atoms with Crippen LogP contribution in [0.1, 0.15) is 28.4 Å². The molecule has 4 nitrogen and oxygen atoms in total. The first-order chi connectivity index (χ1) is 9.75. The third-order valence-electron chi connectivity index (χ3n) is 3.71. The second kappa shape index (κ2) is 5.33. The number of carbonyl (C=O) groups excluding carboxylic acids is 1. The van der Waals surface area contributed by atoms with Crippen molar-refractivity contribution < 1.29 is 4.79 Å². The molecule has 20 heavy (non-hydrogen) atoms. The molecule has 1 aliphatic rings. The summed E-state index contributed by atoms with van der Waals surface area (Å²) < 4.78 is 0. The number of rotatable bonds is 2. The molecule has 1 N–H and O–H groups in total. The van der Waals surface area contributed by atoms with Gasteiger partial charge in [-0.05, 0) is 30.2 Å². The Labute approximate surface area is 118 Å².